The van der Waals surface area contributed by atoms with Gasteiger partial charge < -0.3 is 19.4 Å². The predicted octanol–water partition coefficient (Wildman–Crippen LogP) is 5.11. The molecule has 140 valence electrons. The van der Waals surface area contributed by atoms with Gasteiger partial charge in [0.2, 0.25) is 5.88 Å². The van der Waals surface area contributed by atoms with Crippen LogP contribution < -0.4 is 4.74 Å². The topological polar surface area (TPSA) is 113 Å². The zero-order valence-electron chi connectivity index (χ0n) is 14.5. The second-order valence-corrected chi connectivity index (χ2v) is 6.26. The average Bonchev–Trinajstić information content (AvgIpc) is 3.31. The zero-order chi connectivity index (χ0) is 19.7. The first-order valence-electron chi connectivity index (χ1n) is 8.12. The van der Waals surface area contributed by atoms with E-state index in [0.717, 1.165) is 5.56 Å². The first-order valence-corrected chi connectivity index (χ1v) is 8.50. The monoisotopic (exact) mass is 396 g/mol. The number of hydrogen-bond acceptors (Lipinski definition) is 6. The third kappa shape index (κ3) is 3.33. The van der Waals surface area contributed by atoms with Crippen LogP contribution in [0.25, 0.3) is 22.2 Å². The van der Waals surface area contributed by atoms with Gasteiger partial charge in [-0.05, 0) is 42.5 Å². The number of benzene rings is 2. The highest BCUT2D eigenvalue weighted by molar-refractivity contribution is 6.31. The molecule has 0 bridgehead atoms. The molecule has 0 aliphatic rings. The van der Waals surface area contributed by atoms with Gasteiger partial charge in [-0.3, -0.25) is 4.79 Å². The van der Waals surface area contributed by atoms with Gasteiger partial charge in [-0.1, -0.05) is 16.8 Å². The molecule has 0 atom stereocenters. The Hall–Kier alpha value is -3.65. The molecule has 1 amide bonds. The predicted molar refractivity (Wildman–Crippen MR) is 102 cm³/mol. The number of H-pyrrole nitrogens is 1. The summed E-state index contributed by atoms with van der Waals surface area (Å²) in [6.07, 6.45) is 0. The van der Waals surface area contributed by atoms with Crippen molar-refractivity contribution in [1.82, 2.24) is 10.1 Å². The molecule has 0 fully saturated rings. The van der Waals surface area contributed by atoms with Crippen LogP contribution in [0.1, 0.15) is 10.5 Å². The number of nitrogens with zero attached hydrogens (tertiary/aromatic N) is 3. The molecule has 9 heteroatoms. The molecule has 0 aliphatic carbocycles. The van der Waals surface area contributed by atoms with Crippen molar-refractivity contribution in [1.29, 1.82) is 0 Å². The Morgan fingerprint density at radius 1 is 1.21 bits per heavy atom. The average molecular weight is 397 g/mol. The van der Waals surface area contributed by atoms with Gasteiger partial charge in [0.05, 0.1) is 12.6 Å². The summed E-state index contributed by atoms with van der Waals surface area (Å²) in [5, 5.41) is 22.2. The molecule has 2 aromatic heterocycles. The smallest absolute Gasteiger partial charge is 0.317 e. The second-order valence-electron chi connectivity index (χ2n) is 5.82. The lowest BCUT2D eigenvalue weighted by molar-refractivity contribution is 0.0986. The van der Waals surface area contributed by atoms with Gasteiger partial charge in [0.1, 0.15) is 5.75 Å². The lowest BCUT2D eigenvalue weighted by Gasteiger charge is -1.99. The van der Waals surface area contributed by atoms with Gasteiger partial charge in [-0.2, -0.15) is 0 Å². The number of fused-ring (bicyclic) bond motifs is 1. The van der Waals surface area contributed by atoms with Gasteiger partial charge in [0.25, 0.3) is 0 Å². The van der Waals surface area contributed by atoms with Gasteiger partial charge in [0.15, 0.2) is 17.1 Å². The summed E-state index contributed by atoms with van der Waals surface area (Å²) in [6, 6.07) is 13.5. The number of carbonyl (C=O) groups is 1. The van der Waals surface area contributed by atoms with Crippen LogP contribution in [0.3, 0.4) is 0 Å². The van der Waals surface area contributed by atoms with Gasteiger partial charge >= 0.3 is 5.91 Å². The number of halogens is 1. The highest BCUT2D eigenvalue weighted by Crippen LogP contribution is 2.36. The molecule has 0 aliphatic heterocycles. The van der Waals surface area contributed by atoms with Crippen LogP contribution in [0.4, 0.5) is 5.69 Å². The fraction of sp³-hybridized carbons (Fsp3) is 0.0526. The van der Waals surface area contributed by atoms with E-state index >= 15 is 0 Å². The Labute approximate surface area is 163 Å². The number of rotatable bonds is 4. The molecule has 8 nitrogen and oxygen atoms in total. The van der Waals surface area contributed by atoms with Crippen molar-refractivity contribution in [2.75, 3.05) is 7.11 Å². The molecular weight excluding hydrogens is 384 g/mol. The normalized spacial score (nSPS) is 11.4. The highest BCUT2D eigenvalue weighted by atomic mass is 35.5. The lowest BCUT2D eigenvalue weighted by Crippen LogP contribution is -1.92. The quantitative estimate of drug-likeness (QED) is 0.465. The maximum absolute atomic E-state index is 12.3. The Balaban J connectivity index is 1.58. The number of nitrogens with one attached hydrogen (secondary N) is 1. The number of amides is 1. The van der Waals surface area contributed by atoms with Crippen LogP contribution in [-0.2, 0) is 0 Å². The highest BCUT2D eigenvalue weighted by Gasteiger charge is 2.15. The Morgan fingerprint density at radius 3 is 2.75 bits per heavy atom. The van der Waals surface area contributed by atoms with Crippen molar-refractivity contribution in [3.8, 4) is 23.0 Å². The number of aromatic nitrogens is 2. The summed E-state index contributed by atoms with van der Waals surface area (Å²) in [4.78, 5) is 15.0. The Kier molecular flexibility index (Phi) is 4.54. The molecule has 2 N–H and O–H groups in total. The van der Waals surface area contributed by atoms with Gasteiger partial charge in [0, 0.05) is 22.0 Å². The maximum Gasteiger partial charge on any atom is 0.317 e. The van der Waals surface area contributed by atoms with Crippen molar-refractivity contribution < 1.29 is 19.2 Å². The summed E-state index contributed by atoms with van der Waals surface area (Å²) in [5.74, 6) is 0.183. The van der Waals surface area contributed by atoms with Crippen molar-refractivity contribution in [2.24, 2.45) is 10.2 Å². The molecule has 2 aromatic carbocycles. The number of azo groups is 1. The third-order valence-corrected chi connectivity index (χ3v) is 4.29. The fourth-order valence-corrected chi connectivity index (χ4v) is 2.82. The number of carbonyl (C=O) groups excluding carboxylic acids is 1. The molecule has 0 spiro atoms. The van der Waals surface area contributed by atoms with Crippen molar-refractivity contribution in [3.63, 3.8) is 0 Å². The molecular formula is C19H13ClN4O4. The summed E-state index contributed by atoms with van der Waals surface area (Å²) >= 11 is 5.97. The first-order chi connectivity index (χ1) is 13.5. The summed E-state index contributed by atoms with van der Waals surface area (Å²) < 4.78 is 10.3. The third-order valence-electron chi connectivity index (χ3n) is 4.06. The minimum Gasteiger partial charge on any atom is -0.497 e. The number of aromatic amines is 1. The lowest BCUT2D eigenvalue weighted by atomic mass is 10.1. The van der Waals surface area contributed by atoms with Crippen LogP contribution in [0, 0.1) is 0 Å². The standard InChI is InChI=1S/C19H13ClN4O4/c1-27-12-5-2-10(3-6-12)16-9-15(24-28-16)18(25)23-22-17-13-8-11(20)4-7-14(13)21-19(17)26/h2-9,21,26H,1H3. The van der Waals surface area contributed by atoms with Crippen LogP contribution in [0.5, 0.6) is 11.6 Å². The molecule has 0 unspecified atom stereocenters. The Morgan fingerprint density at radius 2 is 2.00 bits per heavy atom. The van der Waals surface area contributed by atoms with Gasteiger partial charge in [-0.15, -0.1) is 10.2 Å². The zero-order valence-corrected chi connectivity index (χ0v) is 15.3. The Bertz CT molecular complexity index is 1190. The van der Waals surface area contributed by atoms with E-state index in [0.29, 0.717) is 27.4 Å². The SMILES string of the molecule is COc1ccc(-c2cc(C(=O)N=Nc3c(O)[nH]c4ccc(Cl)cc34)no2)cc1. The van der Waals surface area contributed by atoms with E-state index in [1.54, 1.807) is 49.6 Å². The van der Waals surface area contributed by atoms with Crippen molar-refractivity contribution in [2.45, 2.75) is 0 Å². The maximum atomic E-state index is 12.3. The van der Waals surface area contributed by atoms with Crippen molar-refractivity contribution in [3.05, 3.63) is 59.2 Å². The summed E-state index contributed by atoms with van der Waals surface area (Å²) in [5.41, 5.74) is 1.45. The second kappa shape index (κ2) is 7.16. The first kappa shape index (κ1) is 17.7. The van der Waals surface area contributed by atoms with Gasteiger partial charge in [-0.25, -0.2) is 0 Å². The van der Waals surface area contributed by atoms with E-state index in [1.807, 2.05) is 0 Å². The van der Waals surface area contributed by atoms with Crippen molar-refractivity contribution >= 4 is 34.1 Å². The largest absolute Gasteiger partial charge is 0.497 e. The van der Waals surface area contributed by atoms with E-state index in [2.05, 4.69) is 20.4 Å². The van der Waals surface area contributed by atoms with Crippen LogP contribution >= 0.6 is 11.6 Å². The molecule has 28 heavy (non-hydrogen) atoms. The molecule has 0 saturated carbocycles. The molecule has 0 saturated heterocycles. The van der Waals surface area contributed by atoms with Crippen LogP contribution in [0.2, 0.25) is 5.02 Å². The number of ether oxygens (including phenoxy) is 1. The van der Waals surface area contributed by atoms with E-state index in [-0.39, 0.29) is 17.3 Å². The molecule has 4 rings (SSSR count). The van der Waals surface area contributed by atoms with E-state index in [4.69, 9.17) is 20.9 Å². The van der Waals surface area contributed by atoms with E-state index < -0.39 is 5.91 Å². The number of hydrogen-bond donors (Lipinski definition) is 2. The molecule has 4 aromatic rings. The summed E-state index contributed by atoms with van der Waals surface area (Å²) in [6.45, 7) is 0. The minimum atomic E-state index is -0.709. The molecule has 2 heterocycles. The van der Waals surface area contributed by atoms with Crippen LogP contribution in [-0.4, -0.2) is 28.3 Å². The minimum absolute atomic E-state index is 0.00747. The fourth-order valence-electron chi connectivity index (χ4n) is 2.65. The van der Waals surface area contributed by atoms with E-state index in [9.17, 15) is 9.90 Å². The number of aromatic hydroxyl groups is 1. The van der Waals surface area contributed by atoms with E-state index in [1.165, 1.54) is 6.07 Å². The number of methoxy groups -OCH3 is 1. The molecule has 0 radical (unpaired) electrons. The van der Waals surface area contributed by atoms with Crippen LogP contribution in [0.15, 0.2) is 63.3 Å². The summed E-state index contributed by atoms with van der Waals surface area (Å²) in [7, 11) is 1.57.